The highest BCUT2D eigenvalue weighted by molar-refractivity contribution is 8.00. The number of pyridine rings is 1. The third-order valence-corrected chi connectivity index (χ3v) is 16.3. The summed E-state index contributed by atoms with van der Waals surface area (Å²) in [5.74, 6) is 1.24. The third kappa shape index (κ3) is 5.75. The lowest BCUT2D eigenvalue weighted by atomic mass is 10.0. The zero-order chi connectivity index (χ0) is 42.3. The zero-order valence-corrected chi connectivity index (χ0v) is 37.1. The Balaban J connectivity index is 1.26. The Kier molecular flexibility index (Phi) is 8.84. The standard InChI is InChI=1S/C54H32N6S4/c55-33-34-51(57-35-17-1-9-25-43(35)61-44-26-10-2-18-36(44)57)52(58-37-19-3-11-27-45(37)62-46-28-12-4-20-38(46)58)54(60-41-23-7-15-31-49(41)64-50-32-16-8-24-42(50)60)56-53(34)59-39-21-5-13-29-47(39)63-48-30-14-6-22-40(48)59/h1-32H. The van der Waals surface area contributed by atoms with Gasteiger partial charge < -0.3 is 9.80 Å². The summed E-state index contributed by atoms with van der Waals surface area (Å²) in [7, 11) is 0. The van der Waals surface area contributed by atoms with E-state index in [9.17, 15) is 5.26 Å². The number of rotatable bonds is 4. The van der Waals surface area contributed by atoms with Gasteiger partial charge in [0.2, 0.25) is 0 Å². The molecule has 0 aliphatic carbocycles. The minimum atomic E-state index is 0.452. The average Bonchev–Trinajstić information content (AvgIpc) is 3.35. The molecule has 6 nitrogen and oxygen atoms in total. The molecule has 9 aromatic rings. The molecule has 302 valence electrons. The maximum absolute atomic E-state index is 12.2. The number of benzene rings is 8. The van der Waals surface area contributed by atoms with Crippen molar-refractivity contribution in [2.24, 2.45) is 0 Å². The molecular formula is C54H32N6S4. The summed E-state index contributed by atoms with van der Waals surface area (Å²) >= 11 is 7.04. The number of nitrogens with zero attached hydrogens (tertiary/aromatic N) is 6. The first-order valence-electron chi connectivity index (χ1n) is 20.9. The summed E-state index contributed by atoms with van der Waals surface area (Å²) in [5.41, 5.74) is 9.95. The van der Waals surface area contributed by atoms with Gasteiger partial charge in [-0.25, -0.2) is 4.98 Å². The van der Waals surface area contributed by atoms with Crippen LogP contribution in [-0.4, -0.2) is 4.98 Å². The molecule has 0 radical (unpaired) electrons. The van der Waals surface area contributed by atoms with Crippen LogP contribution in [0, 0.1) is 11.3 Å². The second-order valence-electron chi connectivity index (χ2n) is 15.4. The lowest BCUT2D eigenvalue weighted by Gasteiger charge is -2.43. The van der Waals surface area contributed by atoms with Crippen molar-refractivity contribution < 1.29 is 0 Å². The molecule has 0 saturated carbocycles. The predicted molar refractivity (Wildman–Crippen MR) is 264 cm³/mol. The monoisotopic (exact) mass is 892 g/mol. The van der Waals surface area contributed by atoms with Crippen LogP contribution in [-0.2, 0) is 0 Å². The molecule has 0 spiro atoms. The van der Waals surface area contributed by atoms with Crippen LogP contribution in [0.3, 0.4) is 0 Å². The number of anilines is 12. The lowest BCUT2D eigenvalue weighted by molar-refractivity contribution is 1.04. The van der Waals surface area contributed by atoms with Gasteiger partial charge in [0.25, 0.3) is 0 Å². The van der Waals surface area contributed by atoms with E-state index in [4.69, 9.17) is 4.98 Å². The smallest absolute Gasteiger partial charge is 0.166 e. The minimum Gasteiger partial charge on any atom is -0.305 e. The molecule has 0 atom stereocenters. The number of hydrogen-bond donors (Lipinski definition) is 0. The molecule has 0 saturated heterocycles. The number of fused-ring (bicyclic) bond motifs is 8. The highest BCUT2D eigenvalue weighted by Crippen LogP contribution is 2.64. The van der Waals surface area contributed by atoms with Crippen molar-refractivity contribution in [1.29, 1.82) is 5.26 Å². The summed E-state index contributed by atoms with van der Waals surface area (Å²) in [6.45, 7) is 0. The Morgan fingerprint density at radius 2 is 0.531 bits per heavy atom. The van der Waals surface area contributed by atoms with Gasteiger partial charge >= 0.3 is 0 Å². The van der Waals surface area contributed by atoms with Crippen LogP contribution in [0.4, 0.5) is 68.5 Å². The van der Waals surface area contributed by atoms with Gasteiger partial charge in [0, 0.05) is 39.2 Å². The summed E-state index contributed by atoms with van der Waals surface area (Å²) in [6, 6.07) is 71.3. The molecule has 13 rings (SSSR count). The average molecular weight is 893 g/mol. The van der Waals surface area contributed by atoms with E-state index in [1.54, 1.807) is 47.0 Å². The summed E-state index contributed by atoms with van der Waals surface area (Å²) in [5, 5.41) is 12.2. The van der Waals surface area contributed by atoms with Gasteiger partial charge in [0.1, 0.15) is 17.3 Å². The molecular weight excluding hydrogens is 861 g/mol. The first-order chi connectivity index (χ1) is 31.7. The van der Waals surface area contributed by atoms with Crippen molar-refractivity contribution in [1.82, 2.24) is 4.98 Å². The summed E-state index contributed by atoms with van der Waals surface area (Å²) in [4.78, 5) is 24.1. The molecule has 4 aliphatic heterocycles. The minimum absolute atomic E-state index is 0.452. The molecule has 0 N–H and O–H groups in total. The van der Waals surface area contributed by atoms with E-state index >= 15 is 0 Å². The van der Waals surface area contributed by atoms with Crippen molar-refractivity contribution >= 4 is 116 Å². The van der Waals surface area contributed by atoms with Gasteiger partial charge in [-0.3, -0.25) is 9.80 Å². The van der Waals surface area contributed by atoms with Crippen molar-refractivity contribution in [3.8, 4) is 6.07 Å². The SMILES string of the molecule is N#Cc1c(N2c3ccccc3Sc3ccccc32)nc(N2c3ccccc3Sc3ccccc32)c(N2c3ccccc3Sc3ccccc32)c1N1c2ccccc2Sc2ccccc21. The topological polar surface area (TPSA) is 49.6 Å². The predicted octanol–water partition coefficient (Wildman–Crippen LogP) is 16.7. The Morgan fingerprint density at radius 3 is 0.812 bits per heavy atom. The molecule has 8 aromatic carbocycles. The van der Waals surface area contributed by atoms with Crippen molar-refractivity contribution in [2.75, 3.05) is 19.6 Å². The number of nitriles is 1. The maximum Gasteiger partial charge on any atom is 0.166 e. The van der Waals surface area contributed by atoms with Crippen molar-refractivity contribution in [3.05, 3.63) is 200 Å². The number of para-hydroxylation sites is 8. The lowest BCUT2D eigenvalue weighted by Crippen LogP contribution is -2.28. The molecule has 0 unspecified atom stereocenters. The Bertz CT molecular complexity index is 3260. The van der Waals surface area contributed by atoms with E-state index in [1.807, 2.05) is 0 Å². The molecule has 4 aliphatic rings. The fourth-order valence-corrected chi connectivity index (χ4v) is 13.4. The molecule has 0 fully saturated rings. The highest BCUT2D eigenvalue weighted by Gasteiger charge is 2.42. The maximum atomic E-state index is 12.2. The quantitative estimate of drug-likeness (QED) is 0.171. The van der Waals surface area contributed by atoms with E-state index in [2.05, 4.69) is 220 Å². The van der Waals surface area contributed by atoms with E-state index < -0.39 is 0 Å². The zero-order valence-electron chi connectivity index (χ0n) is 33.8. The molecule has 10 heteroatoms. The Labute approximate surface area is 387 Å². The van der Waals surface area contributed by atoms with Crippen LogP contribution in [0.1, 0.15) is 5.56 Å². The van der Waals surface area contributed by atoms with Crippen LogP contribution in [0.5, 0.6) is 0 Å². The van der Waals surface area contributed by atoms with Gasteiger partial charge in [-0.15, -0.1) is 0 Å². The first-order valence-corrected chi connectivity index (χ1v) is 24.1. The molecule has 1 aromatic heterocycles. The summed E-state index contributed by atoms with van der Waals surface area (Å²) in [6.07, 6.45) is 0. The highest BCUT2D eigenvalue weighted by atomic mass is 32.2. The second kappa shape index (κ2) is 15.1. The van der Waals surface area contributed by atoms with Gasteiger partial charge in [-0.05, 0) is 97.1 Å². The molecule has 0 amide bonds. The van der Waals surface area contributed by atoms with Crippen LogP contribution in [0.2, 0.25) is 0 Å². The normalized spacial score (nSPS) is 13.9. The van der Waals surface area contributed by atoms with Crippen molar-refractivity contribution in [3.63, 3.8) is 0 Å². The number of hydrogen-bond acceptors (Lipinski definition) is 10. The van der Waals surface area contributed by atoms with Crippen LogP contribution >= 0.6 is 47.0 Å². The third-order valence-electron chi connectivity index (χ3n) is 11.8. The van der Waals surface area contributed by atoms with Gasteiger partial charge in [-0.2, -0.15) is 5.26 Å². The second-order valence-corrected chi connectivity index (χ2v) is 19.8. The Hall–Kier alpha value is -7.00. The van der Waals surface area contributed by atoms with E-state index in [1.165, 1.54) is 0 Å². The van der Waals surface area contributed by atoms with Gasteiger partial charge in [-0.1, -0.05) is 144 Å². The van der Waals surface area contributed by atoms with Gasteiger partial charge in [0.15, 0.2) is 11.6 Å². The largest absolute Gasteiger partial charge is 0.305 e. The fourth-order valence-electron chi connectivity index (χ4n) is 9.14. The molecule has 64 heavy (non-hydrogen) atoms. The fraction of sp³-hybridized carbons (Fsp3) is 0. The van der Waals surface area contributed by atoms with Crippen LogP contribution in [0.15, 0.2) is 233 Å². The Morgan fingerprint density at radius 1 is 0.297 bits per heavy atom. The van der Waals surface area contributed by atoms with E-state index in [0.717, 1.165) is 96.0 Å². The van der Waals surface area contributed by atoms with Crippen LogP contribution < -0.4 is 19.6 Å². The van der Waals surface area contributed by atoms with E-state index in [-0.39, 0.29) is 0 Å². The summed E-state index contributed by atoms with van der Waals surface area (Å²) < 4.78 is 0. The van der Waals surface area contributed by atoms with E-state index in [0.29, 0.717) is 17.2 Å². The van der Waals surface area contributed by atoms with Crippen LogP contribution in [0.25, 0.3) is 0 Å². The molecule has 5 heterocycles. The molecule has 0 bridgehead atoms. The van der Waals surface area contributed by atoms with Crippen molar-refractivity contribution in [2.45, 2.75) is 39.2 Å². The number of aromatic nitrogens is 1. The first kappa shape index (κ1) is 37.5. The van der Waals surface area contributed by atoms with Gasteiger partial charge in [0.05, 0.1) is 51.2 Å².